The number of hydrogen-bond donors (Lipinski definition) is 0. The molecule has 1 atom stereocenters. The quantitative estimate of drug-likeness (QED) is 0.770. The highest BCUT2D eigenvalue weighted by Gasteiger charge is 2.27. The van der Waals surface area contributed by atoms with Crippen LogP contribution in [0.3, 0.4) is 0 Å². The number of piperidine rings is 1. The van der Waals surface area contributed by atoms with E-state index in [2.05, 4.69) is 4.90 Å². The van der Waals surface area contributed by atoms with Crippen LogP contribution in [0, 0.1) is 0 Å². The van der Waals surface area contributed by atoms with Crippen molar-refractivity contribution >= 4 is 12.0 Å². The number of benzene rings is 1. The van der Waals surface area contributed by atoms with Gasteiger partial charge in [-0.1, -0.05) is 18.2 Å². The fraction of sp³-hybridized carbons (Fsp3) is 0.550. The molecule has 2 aliphatic rings. The third-order valence-electron chi connectivity index (χ3n) is 5.03. The van der Waals surface area contributed by atoms with E-state index in [1.165, 1.54) is 6.42 Å². The molecule has 2 saturated heterocycles. The normalized spacial score (nSPS) is 22.3. The van der Waals surface area contributed by atoms with Crippen LogP contribution in [-0.2, 0) is 9.53 Å². The van der Waals surface area contributed by atoms with Crippen LogP contribution in [0.25, 0.3) is 6.08 Å². The van der Waals surface area contributed by atoms with Gasteiger partial charge in [-0.25, -0.2) is 0 Å². The molecular formula is C20H28N2O3. The Balaban J connectivity index is 1.64. The molecule has 0 spiro atoms. The van der Waals surface area contributed by atoms with Gasteiger partial charge < -0.3 is 14.4 Å². The Morgan fingerprint density at radius 3 is 2.84 bits per heavy atom. The predicted octanol–water partition coefficient (Wildman–Crippen LogP) is 2.42. The van der Waals surface area contributed by atoms with Crippen LogP contribution >= 0.6 is 0 Å². The highest BCUT2D eigenvalue weighted by molar-refractivity contribution is 5.92. The van der Waals surface area contributed by atoms with Gasteiger partial charge in [-0.3, -0.25) is 9.69 Å². The van der Waals surface area contributed by atoms with Crippen molar-refractivity contribution in [2.75, 3.05) is 46.5 Å². The number of nitrogens with zero attached hydrogens (tertiary/aromatic N) is 2. The minimum atomic E-state index is 0.101. The lowest BCUT2D eigenvalue weighted by Gasteiger charge is -2.39. The summed E-state index contributed by atoms with van der Waals surface area (Å²) in [6, 6.07) is 8.06. The summed E-state index contributed by atoms with van der Waals surface area (Å²) in [7, 11) is 1.65. The maximum absolute atomic E-state index is 12.8. The number of ether oxygens (including phenoxy) is 2. The maximum Gasteiger partial charge on any atom is 0.246 e. The molecule has 0 radical (unpaired) electrons. The second-order valence-electron chi connectivity index (χ2n) is 6.67. The van der Waals surface area contributed by atoms with Gasteiger partial charge >= 0.3 is 0 Å². The van der Waals surface area contributed by atoms with E-state index in [0.29, 0.717) is 6.04 Å². The van der Waals surface area contributed by atoms with Crippen molar-refractivity contribution in [3.8, 4) is 5.75 Å². The summed E-state index contributed by atoms with van der Waals surface area (Å²) in [5.74, 6) is 0.888. The highest BCUT2D eigenvalue weighted by Crippen LogP contribution is 2.21. The molecule has 5 nitrogen and oxygen atoms in total. The lowest BCUT2D eigenvalue weighted by atomic mass is 10.0. The molecule has 0 N–H and O–H groups in total. The third kappa shape index (κ3) is 4.83. The molecule has 0 bridgehead atoms. The zero-order chi connectivity index (χ0) is 17.5. The molecule has 25 heavy (non-hydrogen) atoms. The molecule has 2 fully saturated rings. The first-order valence-corrected chi connectivity index (χ1v) is 9.20. The van der Waals surface area contributed by atoms with E-state index < -0.39 is 0 Å². The van der Waals surface area contributed by atoms with Crippen molar-refractivity contribution in [1.29, 1.82) is 0 Å². The predicted molar refractivity (Wildman–Crippen MR) is 98.6 cm³/mol. The molecule has 1 unspecified atom stereocenters. The number of morpholine rings is 1. The van der Waals surface area contributed by atoms with Gasteiger partial charge in [-0.05, 0) is 31.4 Å². The van der Waals surface area contributed by atoms with Crippen molar-refractivity contribution in [3.63, 3.8) is 0 Å². The average Bonchev–Trinajstić information content (AvgIpc) is 2.67. The van der Waals surface area contributed by atoms with Gasteiger partial charge in [0.15, 0.2) is 0 Å². The van der Waals surface area contributed by atoms with Crippen molar-refractivity contribution in [1.82, 2.24) is 9.80 Å². The number of para-hydroxylation sites is 1. The van der Waals surface area contributed by atoms with Gasteiger partial charge in [-0.2, -0.15) is 0 Å². The Labute approximate surface area is 150 Å². The number of hydrogen-bond acceptors (Lipinski definition) is 4. The first-order valence-electron chi connectivity index (χ1n) is 9.20. The molecule has 5 heteroatoms. The van der Waals surface area contributed by atoms with Gasteiger partial charge in [0.1, 0.15) is 5.75 Å². The summed E-state index contributed by atoms with van der Waals surface area (Å²) in [5, 5.41) is 0. The number of amides is 1. The van der Waals surface area contributed by atoms with Crippen molar-refractivity contribution < 1.29 is 14.3 Å². The topological polar surface area (TPSA) is 42.0 Å². The smallest absolute Gasteiger partial charge is 0.246 e. The van der Waals surface area contributed by atoms with E-state index >= 15 is 0 Å². The fourth-order valence-electron chi connectivity index (χ4n) is 3.62. The molecule has 1 amide bonds. The van der Waals surface area contributed by atoms with Gasteiger partial charge in [-0.15, -0.1) is 0 Å². The van der Waals surface area contributed by atoms with Crippen molar-refractivity contribution in [2.24, 2.45) is 0 Å². The number of likely N-dealkylation sites (tertiary alicyclic amines) is 1. The standard InChI is InChI=1S/C20H28N2O3/c1-24-19-8-3-2-6-17(19)9-10-20(23)22-11-5-4-7-18(22)16-21-12-14-25-15-13-21/h2-3,6,8-10,18H,4-5,7,11-16H2,1H3/b10-9+. The highest BCUT2D eigenvalue weighted by atomic mass is 16.5. The molecule has 0 aliphatic carbocycles. The van der Waals surface area contributed by atoms with E-state index in [-0.39, 0.29) is 5.91 Å². The minimum Gasteiger partial charge on any atom is -0.496 e. The Morgan fingerprint density at radius 2 is 2.04 bits per heavy atom. The fourth-order valence-corrected chi connectivity index (χ4v) is 3.62. The zero-order valence-electron chi connectivity index (χ0n) is 15.0. The van der Waals surface area contributed by atoms with E-state index in [9.17, 15) is 4.79 Å². The van der Waals surface area contributed by atoms with E-state index in [4.69, 9.17) is 9.47 Å². The van der Waals surface area contributed by atoms with E-state index in [1.807, 2.05) is 35.2 Å². The second-order valence-corrected chi connectivity index (χ2v) is 6.67. The summed E-state index contributed by atoms with van der Waals surface area (Å²) < 4.78 is 10.8. The van der Waals surface area contributed by atoms with Gasteiger partial charge in [0, 0.05) is 43.9 Å². The Morgan fingerprint density at radius 1 is 1.24 bits per heavy atom. The summed E-state index contributed by atoms with van der Waals surface area (Å²) >= 11 is 0. The Hall–Kier alpha value is -1.85. The van der Waals surface area contributed by atoms with Gasteiger partial charge in [0.05, 0.1) is 20.3 Å². The minimum absolute atomic E-state index is 0.101. The molecule has 136 valence electrons. The lowest BCUT2D eigenvalue weighted by molar-refractivity contribution is -0.130. The molecule has 2 aliphatic heterocycles. The zero-order valence-corrected chi connectivity index (χ0v) is 15.0. The Kier molecular flexibility index (Phi) is 6.48. The summed E-state index contributed by atoms with van der Waals surface area (Å²) in [6.07, 6.45) is 6.94. The second kappa shape index (κ2) is 9.02. The summed E-state index contributed by atoms with van der Waals surface area (Å²) in [5.41, 5.74) is 0.931. The van der Waals surface area contributed by atoms with Crippen LogP contribution < -0.4 is 4.74 Å². The van der Waals surface area contributed by atoms with Crippen LogP contribution in [0.4, 0.5) is 0 Å². The first kappa shape index (κ1) is 18.0. The van der Waals surface area contributed by atoms with E-state index in [1.54, 1.807) is 13.2 Å². The van der Waals surface area contributed by atoms with Crippen LogP contribution in [0.15, 0.2) is 30.3 Å². The molecule has 0 aromatic heterocycles. The molecular weight excluding hydrogens is 316 g/mol. The SMILES string of the molecule is COc1ccccc1/C=C/C(=O)N1CCCCC1CN1CCOCC1. The monoisotopic (exact) mass is 344 g/mol. The van der Waals surface area contributed by atoms with Crippen molar-refractivity contribution in [3.05, 3.63) is 35.9 Å². The van der Waals surface area contributed by atoms with Crippen LogP contribution in [0.1, 0.15) is 24.8 Å². The molecule has 1 aromatic rings. The molecule has 1 aromatic carbocycles. The number of carbonyl (C=O) groups is 1. The lowest BCUT2D eigenvalue weighted by Crippen LogP contribution is -2.51. The Bertz CT molecular complexity index is 596. The number of rotatable bonds is 5. The molecule has 0 saturated carbocycles. The first-order chi connectivity index (χ1) is 12.3. The summed E-state index contributed by atoms with van der Waals surface area (Å²) in [6.45, 7) is 5.34. The maximum atomic E-state index is 12.8. The van der Waals surface area contributed by atoms with Crippen LogP contribution in [-0.4, -0.2) is 68.3 Å². The largest absolute Gasteiger partial charge is 0.496 e. The van der Waals surface area contributed by atoms with E-state index in [0.717, 1.165) is 63.5 Å². The van der Waals surface area contributed by atoms with Crippen LogP contribution in [0.2, 0.25) is 0 Å². The summed E-state index contributed by atoms with van der Waals surface area (Å²) in [4.78, 5) is 17.2. The molecule has 3 rings (SSSR count). The molecule has 2 heterocycles. The van der Waals surface area contributed by atoms with Gasteiger partial charge in [0.25, 0.3) is 0 Å². The van der Waals surface area contributed by atoms with Crippen LogP contribution in [0.5, 0.6) is 5.75 Å². The van der Waals surface area contributed by atoms with Crippen molar-refractivity contribution in [2.45, 2.75) is 25.3 Å². The number of carbonyl (C=O) groups excluding carboxylic acids is 1. The average molecular weight is 344 g/mol. The van der Waals surface area contributed by atoms with Gasteiger partial charge in [0.2, 0.25) is 5.91 Å². The third-order valence-corrected chi connectivity index (χ3v) is 5.03. The number of methoxy groups -OCH3 is 1.